The fourth-order valence-corrected chi connectivity index (χ4v) is 5.42. The first kappa shape index (κ1) is 25.6. The molecular weight excluding hydrogens is 621 g/mol. The summed E-state index contributed by atoms with van der Waals surface area (Å²) in [5, 5.41) is 2.19. The highest BCUT2D eigenvalue weighted by Crippen LogP contribution is 2.43. The number of halogens is 2. The second kappa shape index (κ2) is 10.6. The Kier molecular flexibility index (Phi) is 7.76. The molecule has 1 aliphatic heterocycles. The Balaban J connectivity index is 0.00000289. The number of fused-ring (bicyclic) bond motifs is 4. The summed E-state index contributed by atoms with van der Waals surface area (Å²) in [5.41, 5.74) is 6.09. The number of pyridine rings is 1. The first-order chi connectivity index (χ1) is 16.6. The third-order valence-corrected chi connectivity index (χ3v) is 7.02. The van der Waals surface area contributed by atoms with Gasteiger partial charge in [-0.3, -0.25) is 0 Å². The van der Waals surface area contributed by atoms with Gasteiger partial charge in [0.2, 0.25) is 5.69 Å². The molecule has 3 aromatic carbocycles. The van der Waals surface area contributed by atoms with Gasteiger partial charge in [0, 0.05) is 28.3 Å². The van der Waals surface area contributed by atoms with Gasteiger partial charge in [-0.05, 0) is 47.5 Å². The normalized spacial score (nSPS) is 11.8. The van der Waals surface area contributed by atoms with Gasteiger partial charge in [0.05, 0.1) is 39.4 Å². The van der Waals surface area contributed by atoms with Gasteiger partial charge in [0.1, 0.15) is 0 Å². The zero-order chi connectivity index (χ0) is 23.8. The minimum atomic E-state index is 0. The molecule has 182 valence electrons. The lowest BCUT2D eigenvalue weighted by Gasteiger charge is -2.22. The molecule has 35 heavy (non-hydrogen) atoms. The van der Waals surface area contributed by atoms with Gasteiger partial charge >= 0.3 is 0 Å². The van der Waals surface area contributed by atoms with Gasteiger partial charge in [-0.1, -0.05) is 28.1 Å². The van der Waals surface area contributed by atoms with Crippen molar-refractivity contribution in [2.24, 2.45) is 0 Å². The Labute approximate surface area is 231 Å². The van der Waals surface area contributed by atoms with Crippen LogP contribution < -0.4 is 47.5 Å². The van der Waals surface area contributed by atoms with E-state index in [-0.39, 0.29) is 24.0 Å². The number of ether oxygens (including phenoxy) is 4. The maximum absolute atomic E-state index is 5.82. The standard InChI is InChI=1S/C28H27BrNO4.HI/c1-31-24-9-8-20-22(13-17-6-5-7-19(29)12-17)27-21-15-26(33-3)25(32-2)14-18(21)10-11-30(27)16-23(20)28(24)34-4;/h5-9,12,14-16H,10-11,13H2,1-4H3;1H/q+1;/p-1. The number of benzene rings is 3. The topological polar surface area (TPSA) is 40.8 Å². The third kappa shape index (κ3) is 4.56. The van der Waals surface area contributed by atoms with Crippen molar-refractivity contribution in [2.75, 3.05) is 28.4 Å². The molecular formula is C28H27BrINO4. The summed E-state index contributed by atoms with van der Waals surface area (Å²) in [7, 11) is 6.73. The molecule has 0 N–H and O–H groups in total. The van der Waals surface area contributed by atoms with Crippen LogP contribution in [0, 0.1) is 0 Å². The second-order valence-electron chi connectivity index (χ2n) is 8.33. The monoisotopic (exact) mass is 647 g/mol. The van der Waals surface area contributed by atoms with Gasteiger partial charge in [-0.2, -0.15) is 4.57 Å². The summed E-state index contributed by atoms with van der Waals surface area (Å²) in [4.78, 5) is 0. The molecule has 0 radical (unpaired) electrons. The van der Waals surface area contributed by atoms with E-state index in [1.54, 1.807) is 28.4 Å². The molecule has 7 heteroatoms. The van der Waals surface area contributed by atoms with Crippen LogP contribution in [0.4, 0.5) is 0 Å². The van der Waals surface area contributed by atoms with Crippen LogP contribution in [-0.4, -0.2) is 28.4 Å². The molecule has 0 fully saturated rings. The number of aryl methyl sites for hydroxylation is 2. The van der Waals surface area contributed by atoms with Crippen LogP contribution in [0.1, 0.15) is 16.7 Å². The fourth-order valence-electron chi connectivity index (χ4n) is 4.98. The van der Waals surface area contributed by atoms with Crippen LogP contribution in [0.15, 0.2) is 59.2 Å². The molecule has 0 saturated heterocycles. The van der Waals surface area contributed by atoms with Gasteiger partial charge in [-0.25, -0.2) is 0 Å². The van der Waals surface area contributed by atoms with Crippen LogP contribution in [-0.2, 0) is 19.4 Å². The van der Waals surface area contributed by atoms with Crippen molar-refractivity contribution in [2.45, 2.75) is 19.4 Å². The molecule has 4 aromatic rings. The van der Waals surface area contributed by atoms with E-state index < -0.39 is 0 Å². The molecule has 0 bridgehead atoms. The molecule has 0 amide bonds. The maximum Gasteiger partial charge on any atom is 0.217 e. The molecule has 5 rings (SSSR count). The van der Waals surface area contributed by atoms with Crippen LogP contribution in [0.3, 0.4) is 0 Å². The Morgan fingerprint density at radius 1 is 0.829 bits per heavy atom. The smallest absolute Gasteiger partial charge is 0.217 e. The van der Waals surface area contributed by atoms with Crippen molar-refractivity contribution < 1.29 is 47.5 Å². The van der Waals surface area contributed by atoms with Crippen LogP contribution in [0.2, 0.25) is 0 Å². The zero-order valence-corrected chi connectivity index (χ0v) is 23.9. The lowest BCUT2D eigenvalue weighted by molar-refractivity contribution is -0.686. The fraction of sp³-hybridized carbons (Fsp3) is 0.250. The summed E-state index contributed by atoms with van der Waals surface area (Å²) in [6, 6.07) is 16.8. The third-order valence-electron chi connectivity index (χ3n) is 6.52. The molecule has 0 saturated carbocycles. The van der Waals surface area contributed by atoms with Gasteiger partial charge in [0.25, 0.3) is 0 Å². The summed E-state index contributed by atoms with van der Waals surface area (Å²) in [6.07, 6.45) is 3.87. The predicted molar refractivity (Wildman–Crippen MR) is 136 cm³/mol. The van der Waals surface area contributed by atoms with Crippen molar-refractivity contribution in [3.63, 3.8) is 0 Å². The molecule has 0 aliphatic carbocycles. The number of aromatic nitrogens is 1. The van der Waals surface area contributed by atoms with Crippen molar-refractivity contribution in [3.8, 4) is 34.3 Å². The van der Waals surface area contributed by atoms with Gasteiger partial charge < -0.3 is 42.9 Å². The summed E-state index contributed by atoms with van der Waals surface area (Å²) < 4.78 is 26.1. The Morgan fingerprint density at radius 3 is 2.26 bits per heavy atom. The van der Waals surface area contributed by atoms with Crippen molar-refractivity contribution in [1.82, 2.24) is 0 Å². The van der Waals surface area contributed by atoms with Crippen LogP contribution in [0.5, 0.6) is 23.0 Å². The van der Waals surface area contributed by atoms with E-state index >= 15 is 0 Å². The molecule has 0 unspecified atom stereocenters. The number of hydrogen-bond acceptors (Lipinski definition) is 4. The van der Waals surface area contributed by atoms with E-state index in [4.69, 9.17) is 18.9 Å². The van der Waals surface area contributed by atoms with E-state index in [0.29, 0.717) is 0 Å². The summed E-state index contributed by atoms with van der Waals surface area (Å²) in [6.45, 7) is 0.861. The van der Waals surface area contributed by atoms with Crippen LogP contribution in [0.25, 0.3) is 22.0 Å². The molecule has 5 nitrogen and oxygen atoms in total. The minimum absolute atomic E-state index is 0. The number of methoxy groups -OCH3 is 4. The Hall–Kier alpha value is -2.52. The maximum atomic E-state index is 5.82. The van der Waals surface area contributed by atoms with Crippen molar-refractivity contribution in [3.05, 3.63) is 75.9 Å². The first-order valence-corrected chi connectivity index (χ1v) is 12.0. The highest BCUT2D eigenvalue weighted by molar-refractivity contribution is 9.10. The molecule has 1 aromatic heterocycles. The summed E-state index contributed by atoms with van der Waals surface area (Å²) >= 11 is 3.63. The Bertz CT molecular complexity index is 1410. The second-order valence-corrected chi connectivity index (χ2v) is 9.25. The van der Waals surface area contributed by atoms with Gasteiger partial charge in [-0.15, -0.1) is 0 Å². The lowest BCUT2D eigenvalue weighted by atomic mass is 9.88. The molecule has 1 aliphatic rings. The van der Waals surface area contributed by atoms with Crippen molar-refractivity contribution >= 4 is 26.7 Å². The average Bonchev–Trinajstić information content (AvgIpc) is 2.86. The van der Waals surface area contributed by atoms with E-state index in [1.165, 1.54) is 27.9 Å². The molecule has 0 atom stereocenters. The molecule has 0 spiro atoms. The van der Waals surface area contributed by atoms with E-state index in [1.807, 2.05) is 6.07 Å². The van der Waals surface area contributed by atoms with Crippen LogP contribution >= 0.6 is 15.9 Å². The van der Waals surface area contributed by atoms with E-state index in [9.17, 15) is 0 Å². The highest BCUT2D eigenvalue weighted by atomic mass is 127. The van der Waals surface area contributed by atoms with Crippen molar-refractivity contribution in [1.29, 1.82) is 0 Å². The van der Waals surface area contributed by atoms with E-state index in [0.717, 1.165) is 57.6 Å². The number of rotatable bonds is 6. The quantitative estimate of drug-likeness (QED) is 0.239. The Morgan fingerprint density at radius 2 is 1.57 bits per heavy atom. The predicted octanol–water partition coefficient (Wildman–Crippen LogP) is 2.74. The minimum Gasteiger partial charge on any atom is -1.00 e. The number of nitrogens with zero attached hydrogens (tertiary/aromatic N) is 1. The summed E-state index contributed by atoms with van der Waals surface area (Å²) in [5.74, 6) is 2.97. The SMILES string of the molecule is COc1cc2c(cc1OC)-c1c(Cc3cccc(Br)c3)c3ccc(OC)c(OC)c3c[n+]1CC2.[I-]. The highest BCUT2D eigenvalue weighted by Gasteiger charge is 2.31. The van der Waals surface area contributed by atoms with Gasteiger partial charge in [0.15, 0.2) is 35.7 Å². The largest absolute Gasteiger partial charge is 1.00 e. The molecule has 2 heterocycles. The number of hydrogen-bond donors (Lipinski definition) is 0. The zero-order valence-electron chi connectivity index (χ0n) is 20.2. The lowest BCUT2D eigenvalue weighted by Crippen LogP contribution is -3.00. The van der Waals surface area contributed by atoms with E-state index in [2.05, 4.69) is 69.2 Å². The first-order valence-electron chi connectivity index (χ1n) is 11.2. The average molecular weight is 648 g/mol.